The van der Waals surface area contributed by atoms with E-state index in [9.17, 15) is 5.11 Å². The number of aliphatic hydroxyl groups is 1. The van der Waals surface area contributed by atoms with Gasteiger partial charge in [0.05, 0.1) is 0 Å². The lowest BCUT2D eigenvalue weighted by Gasteiger charge is -2.34. The molecular weight excluding hydrogens is 282 g/mol. The van der Waals surface area contributed by atoms with E-state index in [1.54, 1.807) is 0 Å². The average molecular weight is 311 g/mol. The van der Waals surface area contributed by atoms with Crippen LogP contribution in [0.1, 0.15) is 43.7 Å². The Morgan fingerprint density at radius 1 is 0.826 bits per heavy atom. The molecule has 0 saturated carbocycles. The van der Waals surface area contributed by atoms with E-state index < -0.39 is 0 Å². The molecule has 0 radical (unpaired) electrons. The fourth-order valence-electron chi connectivity index (χ4n) is 3.04. The summed E-state index contributed by atoms with van der Waals surface area (Å²) in [4.78, 5) is 2.44. The lowest BCUT2D eigenvalue weighted by Crippen LogP contribution is -2.31. The molecule has 0 bridgehead atoms. The van der Waals surface area contributed by atoms with Crippen LogP contribution in [-0.2, 0) is 0 Å². The van der Waals surface area contributed by atoms with E-state index in [1.807, 2.05) is 0 Å². The second kappa shape index (κ2) is 8.73. The Morgan fingerprint density at radius 3 is 1.70 bits per heavy atom. The van der Waals surface area contributed by atoms with Crippen LogP contribution in [0.3, 0.4) is 0 Å². The minimum absolute atomic E-state index is 0.260. The number of nitrogens with zero attached hydrogens (tertiary/aromatic N) is 1. The van der Waals surface area contributed by atoms with Gasteiger partial charge in [-0.25, -0.2) is 0 Å². The standard InChI is InChI=1S/C21H29NO/c1-4-6-19(7-5-16-23)22(20-12-8-17(2)9-13-20)21-14-10-18(3)11-15-21/h8-15,19,23H,4-7,16H2,1-3H3. The van der Waals surface area contributed by atoms with Gasteiger partial charge in [0, 0.05) is 24.0 Å². The van der Waals surface area contributed by atoms with Crippen LogP contribution < -0.4 is 4.90 Å². The molecule has 0 aliphatic carbocycles. The molecule has 0 amide bonds. The van der Waals surface area contributed by atoms with Crippen molar-refractivity contribution in [3.8, 4) is 0 Å². The van der Waals surface area contributed by atoms with Gasteiger partial charge >= 0.3 is 0 Å². The van der Waals surface area contributed by atoms with Crippen molar-refractivity contribution in [2.24, 2.45) is 0 Å². The quantitative estimate of drug-likeness (QED) is 0.707. The monoisotopic (exact) mass is 311 g/mol. The lowest BCUT2D eigenvalue weighted by molar-refractivity contribution is 0.278. The van der Waals surface area contributed by atoms with Crippen molar-refractivity contribution in [2.45, 2.75) is 52.5 Å². The number of aliphatic hydroxyl groups excluding tert-OH is 1. The molecule has 1 atom stereocenters. The van der Waals surface area contributed by atoms with Gasteiger partial charge in [-0.15, -0.1) is 0 Å². The van der Waals surface area contributed by atoms with E-state index >= 15 is 0 Å². The van der Waals surface area contributed by atoms with E-state index in [-0.39, 0.29) is 6.61 Å². The molecular formula is C21H29NO. The SMILES string of the molecule is CCCC(CCCO)N(c1ccc(C)cc1)c1ccc(C)cc1. The Labute approximate surface area is 140 Å². The highest BCUT2D eigenvalue weighted by Crippen LogP contribution is 2.31. The van der Waals surface area contributed by atoms with E-state index in [0.717, 1.165) is 25.7 Å². The molecule has 2 nitrogen and oxygen atoms in total. The number of aryl methyl sites for hydroxylation is 2. The van der Waals surface area contributed by atoms with Gasteiger partial charge in [-0.05, 0) is 57.4 Å². The van der Waals surface area contributed by atoms with Crippen LogP contribution in [0.5, 0.6) is 0 Å². The van der Waals surface area contributed by atoms with Crippen LogP contribution in [0.4, 0.5) is 11.4 Å². The highest BCUT2D eigenvalue weighted by molar-refractivity contribution is 5.64. The van der Waals surface area contributed by atoms with E-state index in [1.165, 1.54) is 22.5 Å². The minimum atomic E-state index is 0.260. The number of anilines is 2. The highest BCUT2D eigenvalue weighted by Gasteiger charge is 2.19. The fraction of sp³-hybridized carbons (Fsp3) is 0.429. The normalized spacial score (nSPS) is 12.2. The second-order valence-electron chi connectivity index (χ2n) is 6.35. The van der Waals surface area contributed by atoms with Crippen LogP contribution in [-0.4, -0.2) is 17.8 Å². The summed E-state index contributed by atoms with van der Waals surface area (Å²) in [5.41, 5.74) is 5.02. The molecule has 0 spiro atoms. The highest BCUT2D eigenvalue weighted by atomic mass is 16.2. The van der Waals surface area contributed by atoms with Gasteiger partial charge in [0.1, 0.15) is 0 Å². The topological polar surface area (TPSA) is 23.5 Å². The van der Waals surface area contributed by atoms with Crippen LogP contribution in [0.2, 0.25) is 0 Å². The Morgan fingerprint density at radius 2 is 1.30 bits per heavy atom. The zero-order chi connectivity index (χ0) is 16.7. The van der Waals surface area contributed by atoms with E-state index in [4.69, 9.17) is 0 Å². The van der Waals surface area contributed by atoms with E-state index in [2.05, 4.69) is 74.2 Å². The summed E-state index contributed by atoms with van der Waals surface area (Å²) in [6.45, 7) is 6.73. The Hall–Kier alpha value is -1.80. The summed E-state index contributed by atoms with van der Waals surface area (Å²) in [5.74, 6) is 0. The Bertz CT molecular complexity index is 528. The zero-order valence-electron chi connectivity index (χ0n) is 14.6. The third-order valence-corrected chi connectivity index (χ3v) is 4.31. The van der Waals surface area contributed by atoms with Gasteiger partial charge < -0.3 is 10.0 Å². The van der Waals surface area contributed by atoms with Crippen LogP contribution in [0.15, 0.2) is 48.5 Å². The predicted molar refractivity (Wildman–Crippen MR) is 99.5 cm³/mol. The average Bonchev–Trinajstić information content (AvgIpc) is 2.56. The molecule has 0 saturated heterocycles. The second-order valence-corrected chi connectivity index (χ2v) is 6.35. The molecule has 0 aliphatic rings. The fourth-order valence-corrected chi connectivity index (χ4v) is 3.04. The van der Waals surface area contributed by atoms with E-state index in [0.29, 0.717) is 6.04 Å². The number of hydrogen-bond donors (Lipinski definition) is 1. The summed E-state index contributed by atoms with van der Waals surface area (Å²) in [6.07, 6.45) is 4.12. The third-order valence-electron chi connectivity index (χ3n) is 4.31. The first-order chi connectivity index (χ1) is 11.2. The summed E-state index contributed by atoms with van der Waals surface area (Å²) in [7, 11) is 0. The smallest absolute Gasteiger partial charge is 0.0431 e. The van der Waals surface area contributed by atoms with Gasteiger partial charge in [0.2, 0.25) is 0 Å². The van der Waals surface area contributed by atoms with Crippen molar-refractivity contribution < 1.29 is 5.11 Å². The summed E-state index contributed by atoms with van der Waals surface area (Å²) < 4.78 is 0. The zero-order valence-corrected chi connectivity index (χ0v) is 14.6. The van der Waals surface area contributed by atoms with Crippen molar-refractivity contribution in [2.75, 3.05) is 11.5 Å². The molecule has 0 fully saturated rings. The largest absolute Gasteiger partial charge is 0.396 e. The van der Waals surface area contributed by atoms with Crippen LogP contribution >= 0.6 is 0 Å². The van der Waals surface area contributed by atoms with Crippen molar-refractivity contribution in [1.82, 2.24) is 0 Å². The molecule has 1 N–H and O–H groups in total. The molecule has 124 valence electrons. The molecule has 23 heavy (non-hydrogen) atoms. The van der Waals surface area contributed by atoms with Crippen LogP contribution in [0, 0.1) is 13.8 Å². The molecule has 1 unspecified atom stereocenters. The first-order valence-electron chi connectivity index (χ1n) is 8.69. The molecule has 0 aromatic heterocycles. The number of benzene rings is 2. The molecule has 2 aromatic carbocycles. The van der Waals surface area contributed by atoms with Crippen molar-refractivity contribution >= 4 is 11.4 Å². The Kier molecular flexibility index (Phi) is 6.66. The Balaban J connectivity index is 2.39. The lowest BCUT2D eigenvalue weighted by atomic mass is 10.0. The minimum Gasteiger partial charge on any atom is -0.396 e. The number of hydrogen-bond acceptors (Lipinski definition) is 2. The van der Waals surface area contributed by atoms with Crippen LogP contribution in [0.25, 0.3) is 0 Å². The van der Waals surface area contributed by atoms with Gasteiger partial charge in [0.25, 0.3) is 0 Å². The molecule has 0 heterocycles. The molecule has 2 aromatic rings. The van der Waals surface area contributed by atoms with Gasteiger partial charge in [0.15, 0.2) is 0 Å². The summed E-state index contributed by atoms with van der Waals surface area (Å²) in [5, 5.41) is 9.26. The molecule has 2 heteroatoms. The first kappa shape index (κ1) is 17.6. The van der Waals surface area contributed by atoms with Crippen molar-refractivity contribution in [3.05, 3.63) is 59.7 Å². The summed E-state index contributed by atoms with van der Waals surface area (Å²) in [6, 6.07) is 17.9. The van der Waals surface area contributed by atoms with Gasteiger partial charge in [-0.1, -0.05) is 48.7 Å². The maximum Gasteiger partial charge on any atom is 0.0431 e. The maximum atomic E-state index is 9.26. The predicted octanol–water partition coefficient (Wildman–Crippen LogP) is 5.38. The van der Waals surface area contributed by atoms with Crippen molar-refractivity contribution in [3.63, 3.8) is 0 Å². The number of rotatable bonds is 8. The van der Waals surface area contributed by atoms with Gasteiger partial charge in [-0.3, -0.25) is 0 Å². The first-order valence-corrected chi connectivity index (χ1v) is 8.69. The van der Waals surface area contributed by atoms with Crippen molar-refractivity contribution in [1.29, 1.82) is 0 Å². The molecule has 0 aliphatic heterocycles. The summed E-state index contributed by atoms with van der Waals surface area (Å²) >= 11 is 0. The molecule has 2 rings (SSSR count). The third kappa shape index (κ3) is 4.84. The van der Waals surface area contributed by atoms with Gasteiger partial charge in [-0.2, -0.15) is 0 Å². The maximum absolute atomic E-state index is 9.26.